The largest absolute Gasteiger partial charge is 0.331 e. The Morgan fingerprint density at radius 2 is 2.05 bits per heavy atom. The zero-order chi connectivity index (χ0) is 15.4. The average molecular weight is 295 g/mol. The molecule has 2 heterocycles. The second kappa shape index (κ2) is 6.26. The van der Waals surface area contributed by atoms with E-state index >= 15 is 0 Å². The molecule has 0 aliphatic carbocycles. The lowest BCUT2D eigenvalue weighted by molar-refractivity contribution is -0.115. The van der Waals surface area contributed by atoms with Gasteiger partial charge in [0.05, 0.1) is 6.42 Å². The molecule has 0 radical (unpaired) electrons. The molecule has 112 valence electrons. The minimum atomic E-state index is -0.0672. The first-order valence-corrected chi connectivity index (χ1v) is 7.05. The number of aromatic nitrogens is 4. The topological polar surface area (TPSA) is 75.6 Å². The smallest absolute Gasteiger partial charge is 0.230 e. The Morgan fingerprint density at radius 1 is 1.23 bits per heavy atom. The maximum absolute atomic E-state index is 11.9. The van der Waals surface area contributed by atoms with Gasteiger partial charge in [0.15, 0.2) is 0 Å². The summed E-state index contributed by atoms with van der Waals surface area (Å²) in [5, 5.41) is 9.47. The normalized spacial score (nSPS) is 10.6. The summed E-state index contributed by atoms with van der Waals surface area (Å²) in [5.74, 6) is 0.916. The van der Waals surface area contributed by atoms with Crippen molar-refractivity contribution in [2.24, 2.45) is 0 Å². The highest BCUT2D eigenvalue weighted by Gasteiger charge is 2.05. The van der Waals surface area contributed by atoms with Crippen molar-refractivity contribution in [3.63, 3.8) is 0 Å². The van der Waals surface area contributed by atoms with Gasteiger partial charge in [0.1, 0.15) is 5.82 Å². The van der Waals surface area contributed by atoms with E-state index in [2.05, 4.69) is 25.1 Å². The third-order valence-corrected chi connectivity index (χ3v) is 3.42. The molecule has 0 aliphatic heterocycles. The van der Waals surface area contributed by atoms with Gasteiger partial charge in [-0.3, -0.25) is 9.89 Å². The minimum absolute atomic E-state index is 0.0672. The summed E-state index contributed by atoms with van der Waals surface area (Å²) < 4.78 is 2.08. The number of hydrogen-bond donors (Lipinski definition) is 2. The standard InChI is InChI=1S/C16H17N5O/c1-12-17-8-9-21(12)11-13-2-4-14(5-3-13)19-16(22)10-15-6-7-18-20-15/h2-9H,10-11H2,1H3,(H,18,20)(H,19,22). The predicted octanol–water partition coefficient (Wildman–Crippen LogP) is 2.14. The van der Waals surface area contributed by atoms with Crippen molar-refractivity contribution in [2.45, 2.75) is 19.9 Å². The van der Waals surface area contributed by atoms with Gasteiger partial charge in [-0.1, -0.05) is 12.1 Å². The number of H-pyrrole nitrogens is 1. The molecule has 3 aromatic rings. The molecular formula is C16H17N5O. The van der Waals surface area contributed by atoms with Crippen LogP contribution < -0.4 is 5.32 Å². The Bertz CT molecular complexity index is 743. The van der Waals surface area contributed by atoms with Crippen LogP contribution in [-0.4, -0.2) is 25.7 Å². The summed E-state index contributed by atoms with van der Waals surface area (Å²) in [6.07, 6.45) is 5.67. The fourth-order valence-electron chi connectivity index (χ4n) is 2.22. The number of imidazole rings is 1. The number of carbonyl (C=O) groups is 1. The van der Waals surface area contributed by atoms with Crippen LogP contribution in [0.4, 0.5) is 5.69 Å². The third kappa shape index (κ3) is 3.41. The van der Waals surface area contributed by atoms with Crippen molar-refractivity contribution >= 4 is 11.6 Å². The molecule has 0 aliphatic rings. The summed E-state index contributed by atoms with van der Waals surface area (Å²) in [4.78, 5) is 16.1. The first-order chi connectivity index (χ1) is 10.7. The van der Waals surface area contributed by atoms with Crippen LogP contribution in [0.25, 0.3) is 0 Å². The lowest BCUT2D eigenvalue weighted by atomic mass is 10.2. The van der Waals surface area contributed by atoms with Gasteiger partial charge in [-0.15, -0.1) is 0 Å². The summed E-state index contributed by atoms with van der Waals surface area (Å²) in [6.45, 7) is 2.75. The number of anilines is 1. The number of nitrogens with one attached hydrogen (secondary N) is 2. The van der Waals surface area contributed by atoms with Gasteiger partial charge in [0.25, 0.3) is 0 Å². The maximum Gasteiger partial charge on any atom is 0.230 e. The Kier molecular flexibility index (Phi) is 4.00. The van der Waals surface area contributed by atoms with Gasteiger partial charge in [-0.05, 0) is 30.7 Å². The molecule has 0 saturated heterocycles. The van der Waals surface area contributed by atoms with Crippen LogP contribution >= 0.6 is 0 Å². The number of aromatic amines is 1. The van der Waals surface area contributed by atoms with Crippen LogP contribution in [0.3, 0.4) is 0 Å². The number of amides is 1. The Labute approximate surface area is 128 Å². The SMILES string of the molecule is Cc1nccn1Cc1ccc(NC(=O)Cc2ccn[nH]2)cc1. The Balaban J connectivity index is 1.59. The van der Waals surface area contributed by atoms with Gasteiger partial charge < -0.3 is 9.88 Å². The summed E-state index contributed by atoms with van der Waals surface area (Å²) in [5.41, 5.74) is 2.74. The minimum Gasteiger partial charge on any atom is -0.331 e. The van der Waals surface area contributed by atoms with E-state index < -0.39 is 0 Å². The zero-order valence-electron chi connectivity index (χ0n) is 12.3. The molecule has 0 spiro atoms. The number of nitrogens with zero attached hydrogens (tertiary/aromatic N) is 3. The van der Waals surface area contributed by atoms with Crippen molar-refractivity contribution in [2.75, 3.05) is 5.32 Å². The molecule has 0 bridgehead atoms. The summed E-state index contributed by atoms with van der Waals surface area (Å²) in [7, 11) is 0. The molecule has 22 heavy (non-hydrogen) atoms. The predicted molar refractivity (Wildman–Crippen MR) is 83.4 cm³/mol. The molecular weight excluding hydrogens is 278 g/mol. The van der Waals surface area contributed by atoms with Crippen molar-refractivity contribution in [1.82, 2.24) is 19.7 Å². The molecule has 0 atom stereocenters. The molecule has 6 heteroatoms. The van der Waals surface area contributed by atoms with Crippen molar-refractivity contribution < 1.29 is 4.79 Å². The van der Waals surface area contributed by atoms with E-state index in [-0.39, 0.29) is 12.3 Å². The third-order valence-electron chi connectivity index (χ3n) is 3.42. The summed E-state index contributed by atoms with van der Waals surface area (Å²) >= 11 is 0. The van der Waals surface area contributed by atoms with Crippen molar-refractivity contribution in [3.8, 4) is 0 Å². The molecule has 1 amide bonds. The van der Waals surface area contributed by atoms with Gasteiger partial charge in [0, 0.05) is 36.5 Å². The first-order valence-electron chi connectivity index (χ1n) is 7.05. The molecule has 0 fully saturated rings. The van der Waals surface area contributed by atoms with E-state index in [0.29, 0.717) is 0 Å². The Morgan fingerprint density at radius 3 is 2.68 bits per heavy atom. The quantitative estimate of drug-likeness (QED) is 0.757. The van der Waals surface area contributed by atoms with E-state index in [1.165, 1.54) is 0 Å². The fraction of sp³-hybridized carbons (Fsp3) is 0.188. The van der Waals surface area contributed by atoms with Crippen LogP contribution in [0.15, 0.2) is 48.9 Å². The average Bonchev–Trinajstić information content (AvgIpc) is 3.14. The molecule has 2 N–H and O–H groups in total. The highest BCUT2D eigenvalue weighted by molar-refractivity contribution is 5.91. The monoisotopic (exact) mass is 295 g/mol. The lowest BCUT2D eigenvalue weighted by Crippen LogP contribution is -2.14. The van der Waals surface area contributed by atoms with Gasteiger partial charge >= 0.3 is 0 Å². The zero-order valence-corrected chi connectivity index (χ0v) is 12.3. The Hall–Kier alpha value is -2.89. The maximum atomic E-state index is 11.9. The van der Waals surface area contributed by atoms with Crippen LogP contribution in [0.5, 0.6) is 0 Å². The molecule has 0 saturated carbocycles. The highest BCUT2D eigenvalue weighted by Crippen LogP contribution is 2.12. The summed E-state index contributed by atoms with van der Waals surface area (Å²) in [6, 6.07) is 9.62. The number of benzene rings is 1. The van der Waals surface area contributed by atoms with Gasteiger partial charge in [-0.2, -0.15) is 5.10 Å². The van der Waals surface area contributed by atoms with Crippen molar-refractivity contribution in [3.05, 3.63) is 66.0 Å². The van der Waals surface area contributed by atoms with Crippen LogP contribution in [0.2, 0.25) is 0 Å². The van der Waals surface area contributed by atoms with Gasteiger partial charge in [-0.25, -0.2) is 4.98 Å². The van der Waals surface area contributed by atoms with Crippen LogP contribution in [0.1, 0.15) is 17.1 Å². The fourth-order valence-corrected chi connectivity index (χ4v) is 2.22. The van der Waals surface area contributed by atoms with Crippen LogP contribution in [0, 0.1) is 6.92 Å². The van der Waals surface area contributed by atoms with E-state index in [1.807, 2.05) is 37.4 Å². The molecule has 2 aromatic heterocycles. The van der Waals surface area contributed by atoms with Crippen molar-refractivity contribution in [1.29, 1.82) is 0 Å². The molecule has 1 aromatic carbocycles. The van der Waals surface area contributed by atoms with E-state index in [1.54, 1.807) is 18.5 Å². The molecule has 3 rings (SSSR count). The lowest BCUT2D eigenvalue weighted by Gasteiger charge is -2.08. The van der Waals surface area contributed by atoms with Gasteiger partial charge in [0.2, 0.25) is 5.91 Å². The highest BCUT2D eigenvalue weighted by atomic mass is 16.1. The number of rotatable bonds is 5. The molecule has 6 nitrogen and oxygen atoms in total. The second-order valence-corrected chi connectivity index (χ2v) is 5.11. The van der Waals surface area contributed by atoms with E-state index in [0.717, 1.165) is 29.3 Å². The molecule has 0 unspecified atom stereocenters. The number of hydrogen-bond acceptors (Lipinski definition) is 3. The number of carbonyl (C=O) groups excluding carboxylic acids is 1. The first kappa shape index (κ1) is 14.1. The van der Waals surface area contributed by atoms with E-state index in [4.69, 9.17) is 0 Å². The second-order valence-electron chi connectivity index (χ2n) is 5.11. The van der Waals surface area contributed by atoms with Crippen LogP contribution in [-0.2, 0) is 17.8 Å². The van der Waals surface area contributed by atoms with E-state index in [9.17, 15) is 4.79 Å². The number of aryl methyl sites for hydroxylation is 1.